The van der Waals surface area contributed by atoms with Crippen LogP contribution in [0.25, 0.3) is 11.1 Å². The first-order valence-corrected chi connectivity index (χ1v) is 8.54. The maximum Gasteiger partial charge on any atom is 0.237 e. The van der Waals surface area contributed by atoms with E-state index in [0.717, 1.165) is 12.1 Å². The summed E-state index contributed by atoms with van der Waals surface area (Å²) in [6, 6.07) is 18.2. The smallest absolute Gasteiger partial charge is 0.237 e. The Hall–Kier alpha value is -2.66. The van der Waals surface area contributed by atoms with Gasteiger partial charge >= 0.3 is 0 Å². The normalized spacial score (nSPS) is 17.8. The molecule has 1 heterocycles. The Kier molecular flexibility index (Phi) is 5.46. The van der Waals surface area contributed by atoms with E-state index in [4.69, 9.17) is 0 Å². The van der Waals surface area contributed by atoms with Gasteiger partial charge in [-0.1, -0.05) is 54.6 Å². The highest BCUT2D eigenvalue weighted by Gasteiger charge is 2.31. The van der Waals surface area contributed by atoms with E-state index in [0.29, 0.717) is 13.1 Å². The Balaban J connectivity index is 1.71. The number of piperazine rings is 1. The number of nitrogens with one attached hydrogen (secondary N) is 2. The average molecular weight is 337 g/mol. The number of hydrogen-bond donors (Lipinski definition) is 2. The third-order valence-corrected chi connectivity index (χ3v) is 4.55. The summed E-state index contributed by atoms with van der Waals surface area (Å²) in [5.41, 5.74) is 3.49. The molecule has 0 radical (unpaired) electrons. The summed E-state index contributed by atoms with van der Waals surface area (Å²) in [4.78, 5) is 25.9. The second-order valence-corrected chi connectivity index (χ2v) is 6.22. The molecular weight excluding hydrogens is 314 g/mol. The molecule has 5 nitrogen and oxygen atoms in total. The zero-order valence-electron chi connectivity index (χ0n) is 14.4. The quantitative estimate of drug-likeness (QED) is 0.874. The highest BCUT2D eigenvalue weighted by Crippen LogP contribution is 2.21. The van der Waals surface area contributed by atoms with Crippen LogP contribution < -0.4 is 10.6 Å². The van der Waals surface area contributed by atoms with Gasteiger partial charge in [-0.3, -0.25) is 14.5 Å². The van der Waals surface area contributed by atoms with Gasteiger partial charge in [-0.2, -0.15) is 0 Å². The van der Waals surface area contributed by atoms with Crippen molar-refractivity contribution in [1.82, 2.24) is 15.5 Å². The van der Waals surface area contributed by atoms with Crippen molar-refractivity contribution < 1.29 is 9.59 Å². The van der Waals surface area contributed by atoms with Crippen LogP contribution in [0.1, 0.15) is 12.0 Å². The van der Waals surface area contributed by atoms with E-state index in [2.05, 4.69) is 51.9 Å². The molecule has 0 bridgehead atoms. The van der Waals surface area contributed by atoms with E-state index in [-0.39, 0.29) is 18.2 Å². The first-order valence-electron chi connectivity index (χ1n) is 8.54. The summed E-state index contributed by atoms with van der Waals surface area (Å²) in [5.74, 6) is -0.192. The minimum atomic E-state index is -0.414. The molecule has 3 rings (SSSR count). The van der Waals surface area contributed by atoms with E-state index in [1.54, 1.807) is 7.05 Å². The van der Waals surface area contributed by atoms with Crippen molar-refractivity contribution in [3.63, 3.8) is 0 Å². The van der Waals surface area contributed by atoms with E-state index in [1.165, 1.54) is 11.1 Å². The minimum absolute atomic E-state index is 0.0734. The van der Waals surface area contributed by atoms with Gasteiger partial charge in [0.2, 0.25) is 11.8 Å². The Morgan fingerprint density at radius 3 is 2.48 bits per heavy atom. The highest BCUT2D eigenvalue weighted by molar-refractivity contribution is 5.88. The summed E-state index contributed by atoms with van der Waals surface area (Å²) < 4.78 is 0. The molecule has 25 heavy (non-hydrogen) atoms. The predicted molar refractivity (Wildman–Crippen MR) is 97.8 cm³/mol. The van der Waals surface area contributed by atoms with Crippen molar-refractivity contribution in [3.8, 4) is 11.1 Å². The number of amides is 2. The molecule has 0 aromatic heterocycles. The van der Waals surface area contributed by atoms with Gasteiger partial charge in [-0.15, -0.1) is 0 Å². The lowest BCUT2D eigenvalue weighted by molar-refractivity contribution is -0.134. The SMILES string of the molecule is CNC(=O)CC1C(=O)NCCN1Cc1ccc(-c2ccccc2)cc1. The lowest BCUT2D eigenvalue weighted by Gasteiger charge is -2.34. The topological polar surface area (TPSA) is 61.4 Å². The lowest BCUT2D eigenvalue weighted by Crippen LogP contribution is -2.55. The van der Waals surface area contributed by atoms with Crippen LogP contribution in [-0.2, 0) is 16.1 Å². The molecule has 1 saturated heterocycles. The van der Waals surface area contributed by atoms with E-state index >= 15 is 0 Å². The van der Waals surface area contributed by atoms with E-state index < -0.39 is 6.04 Å². The minimum Gasteiger partial charge on any atom is -0.359 e. The molecule has 2 aromatic rings. The molecule has 5 heteroatoms. The second-order valence-electron chi connectivity index (χ2n) is 6.22. The summed E-state index contributed by atoms with van der Waals surface area (Å²) in [7, 11) is 1.59. The molecule has 1 atom stereocenters. The Morgan fingerprint density at radius 2 is 1.80 bits per heavy atom. The first-order chi connectivity index (χ1) is 12.2. The van der Waals surface area contributed by atoms with Crippen LogP contribution in [0.15, 0.2) is 54.6 Å². The maximum atomic E-state index is 12.2. The van der Waals surface area contributed by atoms with Crippen molar-refractivity contribution in [2.75, 3.05) is 20.1 Å². The highest BCUT2D eigenvalue weighted by atomic mass is 16.2. The zero-order valence-corrected chi connectivity index (χ0v) is 14.4. The Morgan fingerprint density at radius 1 is 1.12 bits per heavy atom. The van der Waals surface area contributed by atoms with Gasteiger partial charge in [0.15, 0.2) is 0 Å². The van der Waals surface area contributed by atoms with Crippen LogP contribution in [0, 0.1) is 0 Å². The summed E-state index contributed by atoms with van der Waals surface area (Å²) >= 11 is 0. The molecule has 2 aromatic carbocycles. The van der Waals surface area contributed by atoms with Crippen molar-refractivity contribution in [2.24, 2.45) is 0 Å². The number of nitrogens with zero attached hydrogens (tertiary/aromatic N) is 1. The molecule has 2 amide bonds. The fourth-order valence-electron chi connectivity index (χ4n) is 3.12. The van der Waals surface area contributed by atoms with E-state index in [9.17, 15) is 9.59 Å². The molecule has 1 unspecified atom stereocenters. The molecule has 2 N–H and O–H groups in total. The summed E-state index contributed by atoms with van der Waals surface area (Å²) in [6.07, 6.45) is 0.185. The molecule has 0 aliphatic carbocycles. The van der Waals surface area contributed by atoms with Gasteiger partial charge in [0.25, 0.3) is 0 Å². The van der Waals surface area contributed by atoms with Gasteiger partial charge in [0.1, 0.15) is 0 Å². The van der Waals surface area contributed by atoms with Gasteiger partial charge in [0.05, 0.1) is 12.5 Å². The van der Waals surface area contributed by atoms with Crippen LogP contribution in [0.4, 0.5) is 0 Å². The molecule has 0 saturated carbocycles. The Labute approximate surface area is 148 Å². The average Bonchev–Trinajstić information content (AvgIpc) is 2.65. The van der Waals surface area contributed by atoms with Crippen LogP contribution in [0.2, 0.25) is 0 Å². The van der Waals surface area contributed by atoms with Gasteiger partial charge in [-0.05, 0) is 16.7 Å². The van der Waals surface area contributed by atoms with Crippen molar-refractivity contribution in [2.45, 2.75) is 19.0 Å². The molecular formula is C20H23N3O2. The molecule has 1 aliphatic rings. The third-order valence-electron chi connectivity index (χ3n) is 4.55. The summed E-state index contributed by atoms with van der Waals surface area (Å²) in [6.45, 7) is 2.02. The third kappa shape index (κ3) is 4.25. The fraction of sp³-hybridized carbons (Fsp3) is 0.300. The molecule has 0 spiro atoms. The van der Waals surface area contributed by atoms with Gasteiger partial charge in [0, 0.05) is 26.7 Å². The Bertz CT molecular complexity index is 728. The number of carbonyl (C=O) groups excluding carboxylic acids is 2. The largest absolute Gasteiger partial charge is 0.359 e. The predicted octanol–water partition coefficient (Wildman–Crippen LogP) is 1.79. The number of carbonyl (C=O) groups is 2. The second kappa shape index (κ2) is 7.94. The number of hydrogen-bond acceptors (Lipinski definition) is 3. The van der Waals surface area contributed by atoms with Crippen LogP contribution in [0.3, 0.4) is 0 Å². The van der Waals surface area contributed by atoms with Crippen molar-refractivity contribution in [3.05, 3.63) is 60.2 Å². The van der Waals surface area contributed by atoms with Gasteiger partial charge < -0.3 is 10.6 Å². The lowest BCUT2D eigenvalue weighted by atomic mass is 10.0. The first kappa shape index (κ1) is 17.2. The standard InChI is InChI=1S/C20H23N3O2/c1-21-19(24)13-18-20(25)22-11-12-23(18)14-15-7-9-17(10-8-15)16-5-3-2-4-6-16/h2-10,18H,11-14H2,1H3,(H,21,24)(H,22,25). The maximum absolute atomic E-state index is 12.2. The fourth-order valence-corrected chi connectivity index (χ4v) is 3.12. The molecule has 130 valence electrons. The van der Waals surface area contributed by atoms with Crippen molar-refractivity contribution >= 4 is 11.8 Å². The zero-order chi connectivity index (χ0) is 17.6. The number of benzene rings is 2. The monoisotopic (exact) mass is 337 g/mol. The van der Waals surface area contributed by atoms with Gasteiger partial charge in [-0.25, -0.2) is 0 Å². The van der Waals surface area contributed by atoms with Crippen LogP contribution in [-0.4, -0.2) is 42.9 Å². The molecule has 1 fully saturated rings. The molecule has 1 aliphatic heterocycles. The summed E-state index contributed by atoms with van der Waals surface area (Å²) in [5, 5.41) is 5.44. The van der Waals surface area contributed by atoms with Crippen molar-refractivity contribution in [1.29, 1.82) is 0 Å². The van der Waals surface area contributed by atoms with Crippen LogP contribution >= 0.6 is 0 Å². The number of rotatable bonds is 5. The van der Waals surface area contributed by atoms with Crippen LogP contribution in [0.5, 0.6) is 0 Å². The van der Waals surface area contributed by atoms with E-state index in [1.807, 2.05) is 18.2 Å².